The van der Waals surface area contributed by atoms with Gasteiger partial charge in [0.05, 0.1) is 5.54 Å². The van der Waals surface area contributed by atoms with E-state index in [1.807, 2.05) is 26.2 Å². The molecule has 1 heterocycles. The third kappa shape index (κ3) is 2.25. The van der Waals surface area contributed by atoms with Gasteiger partial charge in [0.25, 0.3) is 0 Å². The predicted molar refractivity (Wildman–Crippen MR) is 72.2 cm³/mol. The minimum absolute atomic E-state index is 0.268. The first-order chi connectivity index (χ1) is 8.56. The van der Waals surface area contributed by atoms with E-state index in [0.29, 0.717) is 12.2 Å². The maximum absolute atomic E-state index is 12.6. The summed E-state index contributed by atoms with van der Waals surface area (Å²) in [5.41, 5.74) is 6.36. The van der Waals surface area contributed by atoms with Crippen LogP contribution in [0.1, 0.15) is 31.2 Å². The smallest absolute Gasteiger partial charge is 0.157 e. The summed E-state index contributed by atoms with van der Waals surface area (Å²) in [6.45, 7) is 0. The molecule has 98 valence electrons. The number of hydrogen-bond acceptors (Lipinski definition) is 4. The van der Waals surface area contributed by atoms with Crippen molar-refractivity contribution in [3.05, 3.63) is 23.9 Å². The minimum Gasteiger partial charge on any atom is -0.383 e. The summed E-state index contributed by atoms with van der Waals surface area (Å²) in [6.07, 6.45) is 6.22. The molecule has 1 aromatic heterocycles. The standard InChI is InChI=1S/C14H21N3O/c1-17(2)14(7-3-4-8-14)12(18)10-11-6-5-9-16-13(11)15/h5-6,9H,3-4,7-8,10H2,1-2H3,(H2,15,16). The largest absolute Gasteiger partial charge is 0.383 e. The Bertz CT molecular complexity index is 436. The molecule has 4 nitrogen and oxygen atoms in total. The summed E-state index contributed by atoms with van der Waals surface area (Å²) in [6, 6.07) is 3.72. The molecule has 1 fully saturated rings. The van der Waals surface area contributed by atoms with E-state index in [0.717, 1.165) is 31.2 Å². The van der Waals surface area contributed by atoms with Crippen molar-refractivity contribution < 1.29 is 4.79 Å². The number of hydrogen-bond donors (Lipinski definition) is 1. The Balaban J connectivity index is 2.19. The highest BCUT2D eigenvalue weighted by Crippen LogP contribution is 2.35. The minimum atomic E-state index is -0.289. The second kappa shape index (κ2) is 5.06. The van der Waals surface area contributed by atoms with Crippen LogP contribution in [0, 0.1) is 0 Å². The Morgan fingerprint density at radius 1 is 1.44 bits per heavy atom. The van der Waals surface area contributed by atoms with E-state index >= 15 is 0 Å². The molecule has 0 unspecified atom stereocenters. The Morgan fingerprint density at radius 3 is 2.67 bits per heavy atom. The number of nitrogens with two attached hydrogens (primary N) is 1. The van der Waals surface area contributed by atoms with Crippen molar-refractivity contribution in [1.82, 2.24) is 9.88 Å². The highest BCUT2D eigenvalue weighted by atomic mass is 16.1. The first kappa shape index (κ1) is 13.0. The van der Waals surface area contributed by atoms with E-state index in [4.69, 9.17) is 5.73 Å². The molecule has 0 saturated heterocycles. The molecule has 0 spiro atoms. The zero-order chi connectivity index (χ0) is 13.2. The van der Waals surface area contributed by atoms with Crippen LogP contribution in [-0.4, -0.2) is 35.3 Å². The number of nitrogen functional groups attached to an aromatic ring is 1. The van der Waals surface area contributed by atoms with Crippen molar-refractivity contribution in [2.24, 2.45) is 0 Å². The predicted octanol–water partition coefficient (Wildman–Crippen LogP) is 1.65. The molecule has 0 radical (unpaired) electrons. The highest BCUT2D eigenvalue weighted by Gasteiger charge is 2.42. The number of carbonyl (C=O) groups is 1. The lowest BCUT2D eigenvalue weighted by Gasteiger charge is -2.34. The van der Waals surface area contributed by atoms with Crippen LogP contribution in [0.3, 0.4) is 0 Å². The number of pyridine rings is 1. The number of anilines is 1. The molecule has 1 aliphatic rings. The van der Waals surface area contributed by atoms with Crippen molar-refractivity contribution in [2.45, 2.75) is 37.6 Å². The Hall–Kier alpha value is -1.42. The SMILES string of the molecule is CN(C)C1(C(=O)Cc2cccnc2N)CCCC1. The number of likely N-dealkylation sites (N-methyl/N-ethyl adjacent to an activating group) is 1. The molecule has 0 aromatic carbocycles. The van der Waals surface area contributed by atoms with Crippen molar-refractivity contribution in [1.29, 1.82) is 0 Å². The lowest BCUT2D eigenvalue weighted by atomic mass is 9.87. The second-order valence-electron chi connectivity index (χ2n) is 5.28. The van der Waals surface area contributed by atoms with Gasteiger partial charge in [0.15, 0.2) is 5.78 Å². The van der Waals surface area contributed by atoms with E-state index in [1.165, 1.54) is 0 Å². The van der Waals surface area contributed by atoms with Crippen LogP contribution in [0.2, 0.25) is 0 Å². The number of Topliss-reactive ketones (excluding diaryl/α,β-unsaturated/α-hetero) is 1. The Morgan fingerprint density at radius 2 is 2.11 bits per heavy atom. The molecular formula is C14H21N3O. The van der Waals surface area contributed by atoms with Gasteiger partial charge in [-0.15, -0.1) is 0 Å². The van der Waals surface area contributed by atoms with Gasteiger partial charge in [-0.25, -0.2) is 4.98 Å². The Kier molecular flexibility index (Phi) is 3.66. The van der Waals surface area contributed by atoms with Crippen LogP contribution in [0.5, 0.6) is 0 Å². The van der Waals surface area contributed by atoms with E-state index in [2.05, 4.69) is 9.88 Å². The fourth-order valence-electron chi connectivity index (χ4n) is 2.87. The summed E-state index contributed by atoms with van der Waals surface area (Å²) < 4.78 is 0. The molecule has 1 aliphatic carbocycles. The molecular weight excluding hydrogens is 226 g/mol. The molecule has 2 N–H and O–H groups in total. The summed E-state index contributed by atoms with van der Waals surface area (Å²) in [5.74, 6) is 0.738. The maximum atomic E-state index is 12.6. The van der Waals surface area contributed by atoms with Crippen molar-refractivity contribution in [2.75, 3.05) is 19.8 Å². The molecule has 18 heavy (non-hydrogen) atoms. The lowest BCUT2D eigenvalue weighted by molar-refractivity contribution is -0.128. The molecule has 1 aromatic rings. The molecule has 1 saturated carbocycles. The molecule has 2 rings (SSSR count). The van der Waals surface area contributed by atoms with E-state index < -0.39 is 0 Å². The number of aromatic nitrogens is 1. The van der Waals surface area contributed by atoms with Crippen LogP contribution in [0.25, 0.3) is 0 Å². The van der Waals surface area contributed by atoms with Crippen LogP contribution >= 0.6 is 0 Å². The van der Waals surface area contributed by atoms with Crippen LogP contribution in [0.15, 0.2) is 18.3 Å². The molecule has 4 heteroatoms. The van der Waals surface area contributed by atoms with Gasteiger partial charge in [-0.3, -0.25) is 9.69 Å². The maximum Gasteiger partial charge on any atom is 0.157 e. The van der Waals surface area contributed by atoms with Crippen LogP contribution in [-0.2, 0) is 11.2 Å². The number of rotatable bonds is 4. The average Bonchev–Trinajstić information content (AvgIpc) is 2.82. The van der Waals surface area contributed by atoms with Gasteiger partial charge in [-0.1, -0.05) is 18.9 Å². The lowest BCUT2D eigenvalue weighted by Crippen LogP contribution is -2.49. The van der Waals surface area contributed by atoms with Crippen molar-refractivity contribution in [3.8, 4) is 0 Å². The van der Waals surface area contributed by atoms with Gasteiger partial charge in [0.1, 0.15) is 5.82 Å². The summed E-state index contributed by atoms with van der Waals surface area (Å²) in [5, 5.41) is 0. The number of carbonyl (C=O) groups excluding carboxylic acids is 1. The van der Waals surface area contributed by atoms with Gasteiger partial charge in [-0.05, 0) is 33.0 Å². The summed E-state index contributed by atoms with van der Waals surface area (Å²) in [4.78, 5) is 18.7. The van der Waals surface area contributed by atoms with E-state index in [-0.39, 0.29) is 11.3 Å². The number of nitrogens with zero attached hydrogens (tertiary/aromatic N) is 2. The average molecular weight is 247 g/mol. The molecule has 0 aliphatic heterocycles. The second-order valence-corrected chi connectivity index (χ2v) is 5.28. The quantitative estimate of drug-likeness (QED) is 0.879. The summed E-state index contributed by atoms with van der Waals surface area (Å²) in [7, 11) is 3.99. The van der Waals surface area contributed by atoms with Crippen molar-refractivity contribution >= 4 is 11.6 Å². The third-order valence-electron chi connectivity index (χ3n) is 4.08. The van der Waals surface area contributed by atoms with E-state index in [9.17, 15) is 4.79 Å². The molecule has 0 amide bonds. The molecule has 0 bridgehead atoms. The molecule has 0 atom stereocenters. The van der Waals surface area contributed by atoms with Gasteiger partial charge in [-0.2, -0.15) is 0 Å². The van der Waals surface area contributed by atoms with Gasteiger partial charge in [0.2, 0.25) is 0 Å². The Labute approximate surface area is 108 Å². The van der Waals surface area contributed by atoms with Gasteiger partial charge in [0, 0.05) is 18.2 Å². The number of ketones is 1. The zero-order valence-corrected chi connectivity index (χ0v) is 11.1. The highest BCUT2D eigenvalue weighted by molar-refractivity contribution is 5.91. The van der Waals surface area contributed by atoms with Gasteiger partial charge >= 0.3 is 0 Å². The van der Waals surface area contributed by atoms with Crippen LogP contribution in [0.4, 0.5) is 5.82 Å². The summed E-state index contributed by atoms with van der Waals surface area (Å²) >= 11 is 0. The van der Waals surface area contributed by atoms with Crippen LogP contribution < -0.4 is 5.73 Å². The first-order valence-electron chi connectivity index (χ1n) is 6.46. The van der Waals surface area contributed by atoms with E-state index in [1.54, 1.807) is 6.20 Å². The zero-order valence-electron chi connectivity index (χ0n) is 11.1. The fraction of sp³-hybridized carbons (Fsp3) is 0.571. The normalized spacial score (nSPS) is 18.2. The first-order valence-corrected chi connectivity index (χ1v) is 6.46. The monoisotopic (exact) mass is 247 g/mol. The third-order valence-corrected chi connectivity index (χ3v) is 4.08. The fourth-order valence-corrected chi connectivity index (χ4v) is 2.87. The topological polar surface area (TPSA) is 59.2 Å². The van der Waals surface area contributed by atoms with Crippen molar-refractivity contribution in [3.63, 3.8) is 0 Å². The van der Waals surface area contributed by atoms with Gasteiger partial charge < -0.3 is 5.73 Å².